The summed E-state index contributed by atoms with van der Waals surface area (Å²) in [5.41, 5.74) is 0. The van der Waals surface area contributed by atoms with E-state index >= 15 is 0 Å². The molecule has 0 radical (unpaired) electrons. The quantitative estimate of drug-likeness (QED) is 0.721. The molecule has 0 spiro atoms. The molecule has 0 aliphatic carbocycles. The number of halogens is 1. The van der Waals surface area contributed by atoms with E-state index in [2.05, 4.69) is 39.7 Å². The van der Waals surface area contributed by atoms with E-state index in [0.717, 1.165) is 18.0 Å². The Hall–Kier alpha value is 0.400. The molecular weight excluding hydrogens is 276 g/mol. The minimum absolute atomic E-state index is 0.833. The van der Waals surface area contributed by atoms with Crippen molar-refractivity contribution in [3.63, 3.8) is 0 Å². The van der Waals surface area contributed by atoms with Crippen LogP contribution >= 0.6 is 15.9 Å². The average Bonchev–Trinajstić information content (AvgIpc) is 2.56. The molecule has 2 saturated heterocycles. The highest BCUT2D eigenvalue weighted by atomic mass is 79.9. The zero-order chi connectivity index (χ0) is 12.3. The van der Waals surface area contributed by atoms with Gasteiger partial charge in [0.05, 0.1) is 0 Å². The number of rotatable bonds is 5. The van der Waals surface area contributed by atoms with E-state index in [1.165, 1.54) is 57.1 Å². The van der Waals surface area contributed by atoms with Crippen molar-refractivity contribution in [2.24, 2.45) is 5.92 Å². The number of likely N-dealkylation sites (N-methyl/N-ethyl adjacent to an activating group) is 1. The zero-order valence-electron chi connectivity index (χ0n) is 11.4. The summed E-state index contributed by atoms with van der Waals surface area (Å²) in [5.74, 6) is 0.849. The molecule has 3 unspecified atom stereocenters. The van der Waals surface area contributed by atoms with Gasteiger partial charge in [0.25, 0.3) is 0 Å². The number of hydrogen-bond donors (Lipinski definition) is 0. The number of alkyl halides is 1. The highest BCUT2D eigenvalue weighted by Crippen LogP contribution is 2.29. The van der Waals surface area contributed by atoms with Gasteiger partial charge in [-0.1, -0.05) is 29.3 Å². The lowest BCUT2D eigenvalue weighted by Crippen LogP contribution is -2.38. The van der Waals surface area contributed by atoms with Crippen LogP contribution in [0.5, 0.6) is 0 Å². The topological polar surface area (TPSA) is 6.48 Å². The predicted molar refractivity (Wildman–Crippen MR) is 77.8 cm³/mol. The summed E-state index contributed by atoms with van der Waals surface area (Å²) in [5, 5.41) is 1.17. The summed E-state index contributed by atoms with van der Waals surface area (Å²) in [6.07, 6.45) is 6.92. The molecule has 2 heterocycles. The molecule has 2 aliphatic heterocycles. The standard InChI is InChI=1S/C14H27BrN2/c1-3-4-12(9-15)10-17-8-7-13-5-6-14(11-17)16(13)2/h12-14H,3-11H2,1-2H3. The van der Waals surface area contributed by atoms with Crippen molar-refractivity contribution in [1.82, 2.24) is 9.80 Å². The van der Waals surface area contributed by atoms with Gasteiger partial charge in [0.15, 0.2) is 0 Å². The Kier molecular flexibility index (Phi) is 5.31. The second-order valence-corrected chi connectivity index (χ2v) is 6.56. The monoisotopic (exact) mass is 302 g/mol. The molecule has 2 aliphatic rings. The Labute approximate surface area is 115 Å². The highest BCUT2D eigenvalue weighted by Gasteiger charge is 2.34. The summed E-state index contributed by atoms with van der Waals surface area (Å²) >= 11 is 3.68. The van der Waals surface area contributed by atoms with Gasteiger partial charge in [-0.2, -0.15) is 0 Å². The molecule has 3 heteroatoms. The van der Waals surface area contributed by atoms with E-state index in [4.69, 9.17) is 0 Å². The van der Waals surface area contributed by atoms with Crippen molar-refractivity contribution >= 4 is 15.9 Å². The molecule has 2 bridgehead atoms. The molecule has 0 amide bonds. The molecule has 0 N–H and O–H groups in total. The zero-order valence-corrected chi connectivity index (χ0v) is 13.0. The third-order valence-corrected chi connectivity index (χ3v) is 5.58. The fourth-order valence-corrected chi connectivity index (χ4v) is 4.06. The molecule has 2 fully saturated rings. The maximum Gasteiger partial charge on any atom is 0.0223 e. The van der Waals surface area contributed by atoms with Crippen LogP contribution in [0.3, 0.4) is 0 Å². The van der Waals surface area contributed by atoms with Gasteiger partial charge in [-0.25, -0.2) is 0 Å². The highest BCUT2D eigenvalue weighted by molar-refractivity contribution is 9.09. The van der Waals surface area contributed by atoms with Gasteiger partial charge in [0, 0.05) is 30.5 Å². The van der Waals surface area contributed by atoms with Crippen LogP contribution in [-0.2, 0) is 0 Å². The van der Waals surface area contributed by atoms with Gasteiger partial charge in [0.2, 0.25) is 0 Å². The Morgan fingerprint density at radius 3 is 2.71 bits per heavy atom. The average molecular weight is 303 g/mol. The molecule has 2 rings (SSSR count). The molecule has 0 aromatic carbocycles. The molecule has 17 heavy (non-hydrogen) atoms. The van der Waals surface area contributed by atoms with Gasteiger partial charge in [-0.3, -0.25) is 4.90 Å². The second-order valence-electron chi connectivity index (χ2n) is 5.91. The van der Waals surface area contributed by atoms with E-state index in [0.29, 0.717) is 0 Å². The number of hydrogen-bond acceptors (Lipinski definition) is 2. The summed E-state index contributed by atoms with van der Waals surface area (Å²) < 4.78 is 0. The minimum atomic E-state index is 0.833. The number of likely N-dealkylation sites (tertiary alicyclic amines) is 1. The summed E-state index contributed by atoms with van der Waals surface area (Å²) in [7, 11) is 2.33. The van der Waals surface area contributed by atoms with Crippen LogP contribution in [0.25, 0.3) is 0 Å². The van der Waals surface area contributed by atoms with Crippen LogP contribution in [0, 0.1) is 5.92 Å². The second kappa shape index (κ2) is 6.53. The van der Waals surface area contributed by atoms with E-state index < -0.39 is 0 Å². The first kappa shape index (κ1) is 13.8. The normalized spacial score (nSPS) is 32.6. The summed E-state index contributed by atoms with van der Waals surface area (Å²) in [4.78, 5) is 5.37. The largest absolute Gasteiger partial charge is 0.301 e. The van der Waals surface area contributed by atoms with Gasteiger partial charge in [-0.05, 0) is 45.2 Å². The molecule has 0 aromatic heterocycles. The van der Waals surface area contributed by atoms with Crippen molar-refractivity contribution < 1.29 is 0 Å². The molecule has 0 aromatic rings. The van der Waals surface area contributed by atoms with Gasteiger partial charge in [-0.15, -0.1) is 0 Å². The molecular formula is C14H27BrN2. The van der Waals surface area contributed by atoms with E-state index in [1.807, 2.05) is 0 Å². The van der Waals surface area contributed by atoms with Gasteiger partial charge < -0.3 is 4.90 Å². The van der Waals surface area contributed by atoms with Gasteiger partial charge >= 0.3 is 0 Å². The molecule has 3 atom stereocenters. The fourth-order valence-electron chi connectivity index (χ4n) is 3.54. The Morgan fingerprint density at radius 1 is 1.24 bits per heavy atom. The third-order valence-electron chi connectivity index (χ3n) is 4.66. The lowest BCUT2D eigenvalue weighted by atomic mass is 10.0. The van der Waals surface area contributed by atoms with Crippen molar-refractivity contribution in [3.8, 4) is 0 Å². The smallest absolute Gasteiger partial charge is 0.0223 e. The SMILES string of the molecule is CCCC(CBr)CN1CCC2CCC(C1)N2C. The third kappa shape index (κ3) is 3.45. The molecule has 2 nitrogen and oxygen atoms in total. The summed E-state index contributed by atoms with van der Waals surface area (Å²) in [6.45, 7) is 6.23. The van der Waals surface area contributed by atoms with E-state index in [9.17, 15) is 0 Å². The van der Waals surface area contributed by atoms with E-state index in [1.54, 1.807) is 0 Å². The van der Waals surface area contributed by atoms with Crippen molar-refractivity contribution in [2.45, 2.75) is 51.1 Å². The lowest BCUT2D eigenvalue weighted by Gasteiger charge is -2.28. The van der Waals surface area contributed by atoms with Crippen LogP contribution in [0.2, 0.25) is 0 Å². The Morgan fingerprint density at radius 2 is 2.00 bits per heavy atom. The van der Waals surface area contributed by atoms with Gasteiger partial charge in [0.1, 0.15) is 0 Å². The van der Waals surface area contributed by atoms with E-state index in [-0.39, 0.29) is 0 Å². The molecule has 100 valence electrons. The maximum atomic E-state index is 3.68. The fraction of sp³-hybridized carbons (Fsp3) is 1.00. The molecule has 0 saturated carbocycles. The minimum Gasteiger partial charge on any atom is -0.301 e. The first-order chi connectivity index (χ1) is 8.24. The van der Waals surface area contributed by atoms with Crippen LogP contribution < -0.4 is 0 Å². The Bertz CT molecular complexity index is 234. The first-order valence-corrected chi connectivity index (χ1v) is 8.37. The first-order valence-electron chi connectivity index (χ1n) is 7.24. The number of fused-ring (bicyclic) bond motifs is 2. The summed E-state index contributed by atoms with van der Waals surface area (Å²) in [6, 6.07) is 1.71. The lowest BCUT2D eigenvalue weighted by molar-refractivity contribution is 0.200. The van der Waals surface area contributed by atoms with Crippen LogP contribution in [0.15, 0.2) is 0 Å². The van der Waals surface area contributed by atoms with Crippen LogP contribution in [0.1, 0.15) is 39.0 Å². The predicted octanol–water partition coefficient (Wildman–Crippen LogP) is 2.97. The Balaban J connectivity index is 1.86. The number of nitrogens with zero attached hydrogens (tertiary/aromatic N) is 2. The van der Waals surface area contributed by atoms with Crippen molar-refractivity contribution in [3.05, 3.63) is 0 Å². The van der Waals surface area contributed by atoms with Crippen molar-refractivity contribution in [2.75, 3.05) is 32.0 Å². The van der Waals surface area contributed by atoms with Crippen LogP contribution in [-0.4, -0.2) is 53.9 Å². The van der Waals surface area contributed by atoms with Crippen molar-refractivity contribution in [1.29, 1.82) is 0 Å². The van der Waals surface area contributed by atoms with Crippen LogP contribution in [0.4, 0.5) is 0 Å². The maximum absolute atomic E-state index is 3.68.